The van der Waals surface area contributed by atoms with Crippen LogP contribution < -0.4 is 0 Å². The summed E-state index contributed by atoms with van der Waals surface area (Å²) in [6.45, 7) is 0. The molecule has 64 heavy (non-hydrogen) atoms. The molecule has 351 valence electrons. The van der Waals surface area contributed by atoms with Crippen LogP contribution in [0.25, 0.3) is 33.9 Å². The number of rotatable bonds is 3. The molecule has 0 aliphatic heterocycles. The summed E-state index contributed by atoms with van der Waals surface area (Å²) in [7, 11) is -10.7. The molecule has 0 fully saturated rings. The van der Waals surface area contributed by atoms with Crippen LogP contribution in [0, 0.1) is 35.4 Å². The molecule has 0 aliphatic rings. The van der Waals surface area contributed by atoms with Gasteiger partial charge in [0.05, 0.1) is 33.6 Å². The number of benzene rings is 2. The summed E-state index contributed by atoms with van der Waals surface area (Å²) in [6.07, 6.45) is -15.6. The average Bonchev–Trinajstić information content (AvgIpc) is 3.13. The third-order valence-corrected chi connectivity index (χ3v) is 6.85. The van der Waals surface area contributed by atoms with Gasteiger partial charge in [-0.3, -0.25) is 27.5 Å². The molecule has 0 saturated heterocycles. The Balaban J connectivity index is 0.000000305. The second kappa shape index (κ2) is 19.4. The molecule has 6 rings (SSSR count). The summed E-state index contributed by atoms with van der Waals surface area (Å²) in [6, 6.07) is 14.8. The van der Waals surface area contributed by atoms with Gasteiger partial charge in [0.2, 0.25) is 0 Å². The van der Waals surface area contributed by atoms with Crippen LogP contribution in [0.15, 0.2) is 97.6 Å². The van der Waals surface area contributed by atoms with Gasteiger partial charge in [0.1, 0.15) is 0 Å². The molecule has 0 saturated carbocycles. The molecule has 0 unspecified atom stereocenters. The molecule has 1 radical (unpaired) electrons. The maximum atomic E-state index is 13.3. The molecule has 0 bridgehead atoms. The fraction of sp³-hybridized carbons (Fsp3) is 0.111. The second-order valence-corrected chi connectivity index (χ2v) is 13.7. The monoisotopic (exact) mass is 1150 g/mol. The number of aromatic nitrogens is 4. The SMILES string of the molecule is FC(F)(F)c1ccc(-c2ccc(C(F)(F)F)cn2)nc1.F[P-](F)(F)(F)(F)F.Fc1c[c-]c(-c2ccc(C(F)(F)F)cn2)c(F)c1.Fc1c[c-]c(-c2ccc(C(F)(F)F)cn2)c(F)c1.[Ir]. The summed E-state index contributed by atoms with van der Waals surface area (Å²) in [5.74, 6) is -3.49. The van der Waals surface area contributed by atoms with Gasteiger partial charge in [0, 0.05) is 68.2 Å². The standard InChI is InChI=1S/C12H6F6N2.2C12H5F5N.F6P.Ir/c13-11(14,15)7-1-3-9(19-5-7)10-4-2-8(6-20-10)12(16,17)18;2*13-8-2-3-9(10(14)5-8)11-4-1-7(6-18-11)12(15,16)17;1-7(2,3,4,5)6;/h1-6H;2*1-2,4-6H;;/q;3*-1;. The fourth-order valence-corrected chi connectivity index (χ4v) is 4.13. The van der Waals surface area contributed by atoms with Gasteiger partial charge < -0.3 is 9.97 Å². The molecular weight excluding hydrogens is 1130 g/mol. The van der Waals surface area contributed by atoms with Crippen LogP contribution in [0.3, 0.4) is 0 Å². The van der Waals surface area contributed by atoms with Gasteiger partial charge in [0.15, 0.2) is 0 Å². The predicted molar refractivity (Wildman–Crippen MR) is 178 cm³/mol. The first-order valence-corrected chi connectivity index (χ1v) is 17.9. The van der Waals surface area contributed by atoms with Gasteiger partial charge in [-0.15, -0.1) is 24.3 Å². The summed E-state index contributed by atoms with van der Waals surface area (Å²) in [4.78, 5) is 14.1. The van der Waals surface area contributed by atoms with Crippen LogP contribution in [0.1, 0.15) is 22.3 Å². The Morgan fingerprint density at radius 2 is 0.594 bits per heavy atom. The molecule has 28 heteroatoms. The van der Waals surface area contributed by atoms with Crippen molar-refractivity contribution in [2.75, 3.05) is 0 Å². The largest absolute Gasteiger partial charge is 0.417 e. The van der Waals surface area contributed by atoms with Crippen LogP contribution in [-0.2, 0) is 44.8 Å². The molecule has 4 aromatic heterocycles. The predicted octanol–water partition coefficient (Wildman–Crippen LogP) is 15.3. The molecule has 0 spiro atoms. The van der Waals surface area contributed by atoms with Crippen molar-refractivity contribution in [2.24, 2.45) is 0 Å². The van der Waals surface area contributed by atoms with Gasteiger partial charge in [-0.05, 0) is 35.7 Å². The quantitative estimate of drug-likeness (QED) is 0.101. The second-order valence-electron chi connectivity index (χ2n) is 11.8. The first-order valence-electron chi connectivity index (χ1n) is 15.8. The van der Waals surface area contributed by atoms with E-state index < -0.39 is 78.0 Å². The zero-order valence-corrected chi connectivity index (χ0v) is 33.4. The third kappa shape index (κ3) is 18.7. The Bertz CT molecular complexity index is 2280. The van der Waals surface area contributed by atoms with Gasteiger partial charge in [0.25, 0.3) is 0 Å². The summed E-state index contributed by atoms with van der Waals surface area (Å²) >= 11 is 0. The smallest absolute Gasteiger partial charge is 0.304 e. The van der Waals surface area contributed by atoms with E-state index in [9.17, 15) is 95.4 Å². The Morgan fingerprint density at radius 3 is 0.766 bits per heavy atom. The van der Waals surface area contributed by atoms with Gasteiger partial charge in [-0.1, -0.05) is 47.5 Å². The fourth-order valence-electron chi connectivity index (χ4n) is 4.13. The summed E-state index contributed by atoms with van der Waals surface area (Å²) in [5, 5.41) is 0. The molecule has 4 heterocycles. The number of halogens is 22. The van der Waals surface area contributed by atoms with Crippen molar-refractivity contribution in [2.45, 2.75) is 24.7 Å². The average molecular weight is 1150 g/mol. The van der Waals surface area contributed by atoms with Crippen molar-refractivity contribution in [3.05, 3.63) is 155 Å². The Kier molecular flexibility index (Phi) is 16.5. The molecule has 0 aliphatic carbocycles. The van der Waals surface area contributed by atoms with E-state index in [4.69, 9.17) is 0 Å². The molecule has 2 aromatic carbocycles. The van der Waals surface area contributed by atoms with E-state index in [1.807, 2.05) is 0 Å². The van der Waals surface area contributed by atoms with Crippen molar-refractivity contribution in [3.8, 4) is 33.9 Å². The van der Waals surface area contributed by atoms with Crippen LogP contribution in [0.4, 0.5) is 95.4 Å². The molecule has 0 amide bonds. The van der Waals surface area contributed by atoms with Crippen LogP contribution >= 0.6 is 7.81 Å². The number of pyridine rings is 4. The van der Waals surface area contributed by atoms with E-state index in [1.165, 1.54) is 0 Å². The maximum absolute atomic E-state index is 13.3. The minimum atomic E-state index is -10.7. The Labute approximate surface area is 356 Å². The number of hydrogen-bond donors (Lipinski definition) is 0. The minimum Gasteiger partial charge on any atom is -0.304 e. The topological polar surface area (TPSA) is 51.6 Å². The van der Waals surface area contributed by atoms with E-state index >= 15 is 0 Å². The van der Waals surface area contributed by atoms with Crippen molar-refractivity contribution >= 4 is 7.81 Å². The van der Waals surface area contributed by atoms with Gasteiger partial charge in [-0.2, -0.15) is 52.7 Å². The first kappa shape index (κ1) is 54.7. The Morgan fingerprint density at radius 1 is 0.375 bits per heavy atom. The van der Waals surface area contributed by atoms with Crippen LogP contribution in [0.5, 0.6) is 0 Å². The molecule has 6 aromatic rings. The summed E-state index contributed by atoms with van der Waals surface area (Å²) < 4.78 is 259. The third-order valence-electron chi connectivity index (χ3n) is 6.85. The molecule has 4 nitrogen and oxygen atoms in total. The molecule has 0 N–H and O–H groups in total. The van der Waals surface area contributed by atoms with Crippen LogP contribution in [-0.4, -0.2) is 19.9 Å². The number of alkyl halides is 12. The van der Waals surface area contributed by atoms with Crippen molar-refractivity contribution in [1.82, 2.24) is 19.9 Å². The number of nitrogens with zero attached hydrogens (tertiary/aromatic N) is 4. The van der Waals surface area contributed by atoms with Crippen molar-refractivity contribution < 1.29 is 116 Å². The van der Waals surface area contributed by atoms with E-state index in [-0.39, 0.29) is 54.0 Å². The van der Waals surface area contributed by atoms with Gasteiger partial charge in [-0.25, -0.2) is 0 Å². The van der Waals surface area contributed by atoms with Gasteiger partial charge >= 0.3 is 57.7 Å². The zero-order valence-electron chi connectivity index (χ0n) is 30.1. The van der Waals surface area contributed by atoms with E-state index in [0.29, 0.717) is 36.9 Å². The zero-order chi connectivity index (χ0) is 48.0. The minimum absolute atomic E-state index is 0. The van der Waals surface area contributed by atoms with Crippen molar-refractivity contribution in [1.29, 1.82) is 0 Å². The maximum Gasteiger partial charge on any atom is 0.417 e. The Hall–Kier alpha value is -5.42. The van der Waals surface area contributed by atoms with Crippen LogP contribution in [0.2, 0.25) is 0 Å². The van der Waals surface area contributed by atoms with E-state index in [1.54, 1.807) is 0 Å². The number of hydrogen-bond acceptors (Lipinski definition) is 4. The first-order chi connectivity index (χ1) is 28.4. The molecular formula is C36H16F22IrN4P-3. The van der Waals surface area contributed by atoms with E-state index in [2.05, 4.69) is 32.1 Å². The normalized spacial score (nSPS) is 13.0. The summed E-state index contributed by atoms with van der Waals surface area (Å²) in [5.41, 5.74) is -4.06. The molecule has 0 atom stereocenters. The van der Waals surface area contributed by atoms with Crippen molar-refractivity contribution in [3.63, 3.8) is 0 Å². The van der Waals surface area contributed by atoms with E-state index in [0.717, 1.165) is 60.7 Å².